The van der Waals surface area contributed by atoms with Gasteiger partial charge in [-0.25, -0.2) is 9.39 Å². The number of likely N-dealkylation sites (tertiary alicyclic amines) is 1. The van der Waals surface area contributed by atoms with E-state index in [0.29, 0.717) is 55.7 Å². The highest BCUT2D eigenvalue weighted by Gasteiger charge is 2.52. The number of ether oxygens (including phenoxy) is 1. The average molecular weight is 526 g/mol. The number of quaternary nitrogens is 1. The Morgan fingerprint density at radius 2 is 1.89 bits per heavy atom. The van der Waals surface area contributed by atoms with Crippen molar-refractivity contribution >= 4 is 35.6 Å². The summed E-state index contributed by atoms with van der Waals surface area (Å²) in [7, 11) is 0. The molecule has 0 aromatic rings. The van der Waals surface area contributed by atoms with Crippen molar-refractivity contribution in [2.24, 2.45) is 11.8 Å². The molecule has 4 N–H and O–H groups in total. The summed E-state index contributed by atoms with van der Waals surface area (Å²) >= 11 is 1.54. The summed E-state index contributed by atoms with van der Waals surface area (Å²) in [5.74, 6) is -0.400. The fraction of sp³-hybridized carbons (Fsp3) is 0.833. The van der Waals surface area contributed by atoms with Crippen LogP contribution in [0.5, 0.6) is 0 Å². The maximum atomic E-state index is 13.3. The van der Waals surface area contributed by atoms with Crippen molar-refractivity contribution in [2.45, 2.75) is 76.6 Å². The monoisotopic (exact) mass is 525 g/mol. The Hall–Kier alpha value is -1.89. The smallest absolute Gasteiger partial charge is 0.414 e. The summed E-state index contributed by atoms with van der Waals surface area (Å²) in [6.45, 7) is 9.29. The molecule has 0 saturated carbocycles. The lowest BCUT2D eigenvalue weighted by molar-refractivity contribution is -1.01. The molecule has 4 fully saturated rings. The van der Waals surface area contributed by atoms with Gasteiger partial charge in [0, 0.05) is 45.8 Å². The summed E-state index contributed by atoms with van der Waals surface area (Å²) in [6, 6.07) is 0.390. The van der Waals surface area contributed by atoms with E-state index in [2.05, 4.69) is 35.2 Å². The molecule has 0 bridgehead atoms. The van der Waals surface area contributed by atoms with Gasteiger partial charge >= 0.3 is 6.09 Å². The molecule has 0 aliphatic carbocycles. The van der Waals surface area contributed by atoms with Gasteiger partial charge < -0.3 is 15.0 Å². The minimum atomic E-state index is -0.758. The van der Waals surface area contributed by atoms with E-state index in [0.717, 1.165) is 31.7 Å². The van der Waals surface area contributed by atoms with E-state index in [4.69, 9.17) is 4.74 Å². The van der Waals surface area contributed by atoms with Crippen molar-refractivity contribution in [1.82, 2.24) is 26.3 Å². The first kappa shape index (κ1) is 27.2. The molecule has 11 nitrogen and oxygen atoms in total. The normalized spacial score (nSPS) is 33.5. The van der Waals surface area contributed by atoms with Crippen molar-refractivity contribution in [2.75, 3.05) is 38.5 Å². The number of alkyl carbamates (subject to hydrolysis) is 1. The number of rotatable bonds is 6. The molecule has 0 radical (unpaired) electrons. The molecule has 36 heavy (non-hydrogen) atoms. The lowest BCUT2D eigenvalue weighted by atomic mass is 9.99. The zero-order chi connectivity index (χ0) is 25.9. The molecular formula is C24H41N6O5S+. The molecule has 6 unspecified atom stereocenters. The van der Waals surface area contributed by atoms with Gasteiger partial charge in [0.05, 0.1) is 17.8 Å². The maximum Gasteiger partial charge on any atom is 0.414 e. The quantitative estimate of drug-likeness (QED) is 0.370. The first-order chi connectivity index (χ1) is 17.2. The first-order valence-corrected chi connectivity index (χ1v) is 14.3. The Morgan fingerprint density at radius 1 is 1.14 bits per heavy atom. The van der Waals surface area contributed by atoms with Gasteiger partial charge in [-0.1, -0.05) is 6.92 Å². The number of nitrogens with zero attached hydrogens (tertiary/aromatic N) is 2. The molecule has 4 saturated heterocycles. The van der Waals surface area contributed by atoms with Gasteiger partial charge in [-0.2, -0.15) is 5.43 Å². The molecule has 6 atom stereocenters. The fourth-order valence-corrected chi connectivity index (χ4v) is 7.32. The summed E-state index contributed by atoms with van der Waals surface area (Å²) in [5, 5.41) is 8.68. The molecule has 4 aliphatic rings. The maximum absolute atomic E-state index is 13.3. The van der Waals surface area contributed by atoms with E-state index >= 15 is 0 Å². The van der Waals surface area contributed by atoms with E-state index in [9.17, 15) is 19.2 Å². The van der Waals surface area contributed by atoms with Crippen LogP contribution in [0.25, 0.3) is 0 Å². The number of piperidine rings is 1. The number of hydrogen-bond donors (Lipinski definition) is 4. The second-order valence-corrected chi connectivity index (χ2v) is 11.7. The summed E-state index contributed by atoms with van der Waals surface area (Å²) < 4.78 is 6.14. The van der Waals surface area contributed by atoms with Crippen LogP contribution < -0.4 is 21.4 Å². The van der Waals surface area contributed by atoms with Crippen molar-refractivity contribution in [3.63, 3.8) is 0 Å². The van der Waals surface area contributed by atoms with E-state index in [1.807, 2.05) is 0 Å². The van der Waals surface area contributed by atoms with Gasteiger partial charge in [0.25, 0.3) is 0 Å². The molecule has 4 amide bonds. The van der Waals surface area contributed by atoms with Crippen molar-refractivity contribution in [3.8, 4) is 0 Å². The fourth-order valence-electron chi connectivity index (χ4n) is 5.98. The number of hydrogen-bond acceptors (Lipinski definition) is 8. The van der Waals surface area contributed by atoms with Gasteiger partial charge in [-0.15, -0.1) is 11.8 Å². The van der Waals surface area contributed by atoms with Crippen LogP contribution in [0.4, 0.5) is 4.79 Å². The van der Waals surface area contributed by atoms with E-state index in [1.165, 1.54) is 6.92 Å². The molecule has 0 spiro atoms. The second-order valence-electron chi connectivity index (χ2n) is 10.5. The second kappa shape index (κ2) is 11.7. The Balaban J connectivity index is 1.27. The Morgan fingerprint density at radius 3 is 2.58 bits per heavy atom. The van der Waals surface area contributed by atoms with Crippen molar-refractivity contribution in [3.05, 3.63) is 0 Å². The highest BCUT2D eigenvalue weighted by Crippen LogP contribution is 2.33. The van der Waals surface area contributed by atoms with E-state index in [1.54, 1.807) is 16.7 Å². The molecule has 4 heterocycles. The number of carbonyl (C=O) groups excluding carboxylic acids is 4. The number of nitrogens with one attached hydrogen (secondary N) is 4. The highest BCUT2D eigenvalue weighted by atomic mass is 32.2. The number of fused-ring (bicyclic) bond motifs is 1. The van der Waals surface area contributed by atoms with E-state index < -0.39 is 17.9 Å². The predicted octanol–water partition coefficient (Wildman–Crippen LogP) is 0.515. The van der Waals surface area contributed by atoms with Crippen LogP contribution >= 0.6 is 11.8 Å². The van der Waals surface area contributed by atoms with Crippen molar-refractivity contribution < 1.29 is 28.5 Å². The number of amides is 4. The predicted molar refractivity (Wildman–Crippen MR) is 135 cm³/mol. The van der Waals surface area contributed by atoms with Gasteiger partial charge in [0.1, 0.15) is 24.6 Å². The largest absolute Gasteiger partial charge is 0.446 e. The van der Waals surface area contributed by atoms with Crippen LogP contribution in [0.3, 0.4) is 0 Å². The zero-order valence-corrected chi connectivity index (χ0v) is 22.4. The van der Waals surface area contributed by atoms with Crippen molar-refractivity contribution in [1.29, 1.82) is 0 Å². The van der Waals surface area contributed by atoms with Gasteiger partial charge in [0.2, 0.25) is 17.7 Å². The lowest BCUT2D eigenvalue weighted by Gasteiger charge is -2.48. The number of imide groups is 1. The molecule has 4 aliphatic heterocycles. The number of thioether (sulfide) groups is 1. The number of carbonyl (C=O) groups is 4. The third-order valence-corrected chi connectivity index (χ3v) is 9.63. The minimum Gasteiger partial charge on any atom is -0.446 e. The highest BCUT2D eigenvalue weighted by molar-refractivity contribution is 8.00. The molecule has 12 heteroatoms. The average Bonchev–Trinajstić information content (AvgIpc) is 3.50. The molecule has 0 aromatic carbocycles. The molecular weight excluding hydrogens is 484 g/mol. The summed E-state index contributed by atoms with van der Waals surface area (Å²) in [4.78, 5) is 51.7. The third kappa shape index (κ3) is 5.81. The third-order valence-electron chi connectivity index (χ3n) is 8.35. The minimum absolute atomic E-state index is 0.0113. The van der Waals surface area contributed by atoms with Crippen LogP contribution in [0.2, 0.25) is 0 Å². The molecule has 0 aromatic heterocycles. The molecule has 202 valence electrons. The van der Waals surface area contributed by atoms with Crippen LogP contribution in [0.15, 0.2) is 0 Å². The summed E-state index contributed by atoms with van der Waals surface area (Å²) in [6.07, 6.45) is 3.02. The standard InChI is InChI=1S/C24H40N6O5S/c1-4-15(2)30-14-17(13-25-20(30)5-9-26-30)21(32)27-23-19(8-12-36-23)22(33)28-24(34)35-18-6-10-29(11-7-18)16(3)31/h15,17-20,23,25-26H,4-14H2,1-3H3,(H-,27,28,32,33,34)/p+1. The first-order valence-electron chi connectivity index (χ1n) is 13.3. The topological polar surface area (TPSA) is 129 Å². The molecule has 4 rings (SSSR count). The van der Waals surface area contributed by atoms with E-state index in [-0.39, 0.29) is 29.2 Å². The Labute approximate surface area is 217 Å². The zero-order valence-electron chi connectivity index (χ0n) is 21.6. The van der Waals surface area contributed by atoms with Crippen LogP contribution in [0, 0.1) is 11.8 Å². The summed E-state index contributed by atoms with van der Waals surface area (Å²) in [5.41, 5.74) is 3.65. The van der Waals surface area contributed by atoms with Crippen LogP contribution in [0.1, 0.15) is 52.9 Å². The SMILES string of the molecule is CCC(C)[N+]12CC(C(=O)NC3SCCC3C(=O)NC(=O)OC3CCN(C(C)=O)CC3)CNC1CCN2. The lowest BCUT2D eigenvalue weighted by Crippen LogP contribution is -2.73. The van der Waals surface area contributed by atoms with Crippen LogP contribution in [-0.2, 0) is 19.1 Å². The van der Waals surface area contributed by atoms with Gasteiger partial charge in [-0.05, 0) is 25.5 Å². The van der Waals surface area contributed by atoms with Gasteiger partial charge in [-0.3, -0.25) is 25.0 Å². The Bertz CT molecular complexity index is 853. The Kier molecular flexibility index (Phi) is 8.79. The van der Waals surface area contributed by atoms with Crippen LogP contribution in [-0.4, -0.2) is 95.5 Å². The van der Waals surface area contributed by atoms with Gasteiger partial charge in [0.15, 0.2) is 6.17 Å².